The van der Waals surface area contributed by atoms with Crippen molar-refractivity contribution in [3.8, 4) is 5.75 Å². The van der Waals surface area contributed by atoms with E-state index in [-0.39, 0.29) is 17.5 Å². The van der Waals surface area contributed by atoms with Crippen LogP contribution in [-0.4, -0.2) is 42.1 Å². The molecule has 3 aliphatic heterocycles. The molecule has 0 radical (unpaired) electrons. The molecule has 5 rings (SSSR count). The van der Waals surface area contributed by atoms with Crippen LogP contribution in [0.2, 0.25) is 0 Å². The zero-order valence-corrected chi connectivity index (χ0v) is 16.0. The molecule has 2 aromatic rings. The summed E-state index contributed by atoms with van der Waals surface area (Å²) in [7, 11) is 0. The van der Waals surface area contributed by atoms with E-state index in [0.29, 0.717) is 12.5 Å². The summed E-state index contributed by atoms with van der Waals surface area (Å²) in [5, 5.41) is 4.46. The van der Waals surface area contributed by atoms with Crippen molar-refractivity contribution in [3.63, 3.8) is 0 Å². The van der Waals surface area contributed by atoms with Crippen molar-refractivity contribution >= 4 is 27.3 Å². The van der Waals surface area contributed by atoms with Crippen LogP contribution in [0.4, 0.5) is 0 Å². The van der Waals surface area contributed by atoms with E-state index in [2.05, 4.69) is 24.1 Å². The van der Waals surface area contributed by atoms with E-state index in [4.69, 9.17) is 4.74 Å². The molecule has 2 bridgehead atoms. The van der Waals surface area contributed by atoms with Crippen LogP contribution in [0, 0.1) is 5.92 Å². The van der Waals surface area contributed by atoms with Gasteiger partial charge in [0.25, 0.3) is 5.91 Å². The standard InChI is InChI=1S/C20H26N2O2S/c1-4-24-15-6-5-14-11-17(25-16(14)12-15)19(23)21-18-13-7-9-22(10-8-13)20(18,2)3/h5-6,11-13,18H,4,7-10H2,1-3H3,(H,21,23)/t18-/m0/s1. The van der Waals surface area contributed by atoms with E-state index < -0.39 is 0 Å². The predicted molar refractivity (Wildman–Crippen MR) is 103 cm³/mol. The van der Waals surface area contributed by atoms with Gasteiger partial charge in [0.2, 0.25) is 0 Å². The molecule has 1 aromatic carbocycles. The third-order valence-electron chi connectivity index (χ3n) is 5.90. The highest BCUT2D eigenvalue weighted by molar-refractivity contribution is 7.20. The molecule has 4 nitrogen and oxygen atoms in total. The molecule has 4 heterocycles. The van der Waals surface area contributed by atoms with Gasteiger partial charge in [-0.15, -0.1) is 11.3 Å². The predicted octanol–water partition coefficient (Wildman–Crippen LogP) is 3.90. The van der Waals surface area contributed by atoms with Gasteiger partial charge in [0.05, 0.1) is 11.5 Å². The van der Waals surface area contributed by atoms with E-state index >= 15 is 0 Å². The zero-order valence-electron chi connectivity index (χ0n) is 15.2. The molecule has 0 saturated carbocycles. The molecule has 1 N–H and O–H groups in total. The first kappa shape index (κ1) is 16.9. The Balaban J connectivity index is 1.55. The van der Waals surface area contributed by atoms with Crippen molar-refractivity contribution in [2.24, 2.45) is 5.92 Å². The van der Waals surface area contributed by atoms with E-state index in [0.717, 1.165) is 33.8 Å². The Morgan fingerprint density at radius 2 is 2.08 bits per heavy atom. The van der Waals surface area contributed by atoms with E-state index in [1.165, 1.54) is 12.8 Å². The molecule has 5 heteroatoms. The Labute approximate surface area is 153 Å². The lowest BCUT2D eigenvalue weighted by atomic mass is 9.72. The van der Waals surface area contributed by atoms with Gasteiger partial charge in [-0.3, -0.25) is 9.69 Å². The monoisotopic (exact) mass is 358 g/mol. The largest absolute Gasteiger partial charge is 0.494 e. The van der Waals surface area contributed by atoms with Crippen LogP contribution in [0.15, 0.2) is 24.3 Å². The second-order valence-corrected chi connectivity index (χ2v) is 8.76. The summed E-state index contributed by atoms with van der Waals surface area (Å²) < 4.78 is 6.67. The van der Waals surface area contributed by atoms with Gasteiger partial charge < -0.3 is 10.1 Å². The number of thiophene rings is 1. The average Bonchev–Trinajstić information content (AvgIpc) is 3.02. The van der Waals surface area contributed by atoms with Gasteiger partial charge in [0, 0.05) is 16.3 Å². The molecular formula is C20H26N2O2S. The van der Waals surface area contributed by atoms with E-state index in [1.807, 2.05) is 31.2 Å². The lowest BCUT2D eigenvalue weighted by molar-refractivity contribution is -0.0377. The van der Waals surface area contributed by atoms with Crippen LogP contribution in [0.3, 0.4) is 0 Å². The first-order chi connectivity index (χ1) is 12.0. The van der Waals surface area contributed by atoms with Crippen molar-refractivity contribution < 1.29 is 9.53 Å². The highest BCUT2D eigenvalue weighted by Gasteiger charge is 2.48. The van der Waals surface area contributed by atoms with Crippen LogP contribution in [0.5, 0.6) is 5.75 Å². The number of rotatable bonds is 4. The first-order valence-electron chi connectivity index (χ1n) is 9.21. The number of amides is 1. The summed E-state index contributed by atoms with van der Waals surface area (Å²) in [5.74, 6) is 1.52. The second kappa shape index (κ2) is 6.29. The molecule has 1 aromatic heterocycles. The van der Waals surface area contributed by atoms with Gasteiger partial charge in [-0.25, -0.2) is 0 Å². The quantitative estimate of drug-likeness (QED) is 0.901. The fourth-order valence-electron chi connectivity index (χ4n) is 4.47. The molecule has 0 aliphatic carbocycles. The Bertz CT molecular complexity index is 790. The number of carbonyl (C=O) groups excluding carboxylic acids is 1. The molecule has 3 aliphatic rings. The summed E-state index contributed by atoms with van der Waals surface area (Å²) in [6, 6.07) is 8.26. The minimum atomic E-state index is 0.0373. The highest BCUT2D eigenvalue weighted by Crippen LogP contribution is 2.39. The summed E-state index contributed by atoms with van der Waals surface area (Å²) in [6.45, 7) is 9.48. The fourth-order valence-corrected chi connectivity index (χ4v) is 5.46. The average molecular weight is 359 g/mol. The molecule has 3 fully saturated rings. The van der Waals surface area contributed by atoms with Gasteiger partial charge in [0.15, 0.2) is 0 Å². The topological polar surface area (TPSA) is 41.6 Å². The molecular weight excluding hydrogens is 332 g/mol. The summed E-state index contributed by atoms with van der Waals surface area (Å²) in [5.41, 5.74) is 0.0373. The van der Waals surface area contributed by atoms with E-state index in [1.54, 1.807) is 11.3 Å². The lowest BCUT2D eigenvalue weighted by Gasteiger charge is -2.56. The molecule has 25 heavy (non-hydrogen) atoms. The molecule has 3 saturated heterocycles. The molecule has 0 spiro atoms. The van der Waals surface area contributed by atoms with Crippen LogP contribution < -0.4 is 10.1 Å². The number of hydrogen-bond donors (Lipinski definition) is 1. The van der Waals surface area contributed by atoms with Crippen molar-refractivity contribution in [2.45, 2.75) is 45.2 Å². The third kappa shape index (κ3) is 2.93. The van der Waals surface area contributed by atoms with Crippen molar-refractivity contribution in [1.29, 1.82) is 0 Å². The summed E-state index contributed by atoms with van der Waals surface area (Å²) in [4.78, 5) is 16.2. The van der Waals surface area contributed by atoms with Crippen LogP contribution in [-0.2, 0) is 0 Å². The molecule has 1 amide bonds. The fraction of sp³-hybridized carbons (Fsp3) is 0.550. The Kier molecular flexibility index (Phi) is 4.24. The van der Waals surface area contributed by atoms with Crippen LogP contribution >= 0.6 is 11.3 Å². The number of nitrogens with zero attached hydrogens (tertiary/aromatic N) is 1. The maximum Gasteiger partial charge on any atom is 0.261 e. The minimum absolute atomic E-state index is 0.0373. The normalized spacial score (nSPS) is 27.4. The van der Waals surface area contributed by atoms with Gasteiger partial charge in [-0.2, -0.15) is 0 Å². The van der Waals surface area contributed by atoms with Gasteiger partial charge in [-0.1, -0.05) is 0 Å². The van der Waals surface area contributed by atoms with Crippen molar-refractivity contribution in [1.82, 2.24) is 10.2 Å². The molecule has 134 valence electrons. The first-order valence-corrected chi connectivity index (χ1v) is 10.0. The van der Waals surface area contributed by atoms with Crippen molar-refractivity contribution in [3.05, 3.63) is 29.1 Å². The number of ether oxygens (including phenoxy) is 1. The Hall–Kier alpha value is -1.59. The molecule has 1 atom stereocenters. The van der Waals surface area contributed by atoms with E-state index in [9.17, 15) is 4.79 Å². The number of carbonyl (C=O) groups is 1. The number of nitrogens with one attached hydrogen (secondary N) is 1. The maximum atomic E-state index is 12.9. The minimum Gasteiger partial charge on any atom is -0.494 e. The number of piperidine rings is 3. The molecule has 0 unspecified atom stereocenters. The Morgan fingerprint density at radius 1 is 1.32 bits per heavy atom. The Morgan fingerprint density at radius 3 is 2.76 bits per heavy atom. The third-order valence-corrected chi connectivity index (χ3v) is 7.00. The summed E-state index contributed by atoms with van der Waals surface area (Å²) >= 11 is 1.55. The number of fused-ring (bicyclic) bond motifs is 4. The van der Waals surface area contributed by atoms with Crippen LogP contribution in [0.1, 0.15) is 43.3 Å². The lowest BCUT2D eigenvalue weighted by Crippen LogP contribution is -2.69. The van der Waals surface area contributed by atoms with Gasteiger partial charge in [-0.05, 0) is 82.3 Å². The second-order valence-electron chi connectivity index (χ2n) is 7.67. The van der Waals surface area contributed by atoms with Gasteiger partial charge in [0.1, 0.15) is 5.75 Å². The summed E-state index contributed by atoms with van der Waals surface area (Å²) in [6.07, 6.45) is 2.39. The SMILES string of the molecule is CCOc1ccc2cc(C(=O)N[C@H]3C4CCN(CC4)C3(C)C)sc2c1. The zero-order chi connectivity index (χ0) is 17.6. The highest BCUT2D eigenvalue weighted by atomic mass is 32.1. The number of hydrogen-bond acceptors (Lipinski definition) is 4. The van der Waals surface area contributed by atoms with Crippen LogP contribution in [0.25, 0.3) is 10.1 Å². The van der Waals surface area contributed by atoms with Gasteiger partial charge >= 0.3 is 0 Å². The smallest absolute Gasteiger partial charge is 0.261 e. The maximum absolute atomic E-state index is 12.9. The van der Waals surface area contributed by atoms with Crippen molar-refractivity contribution in [2.75, 3.05) is 19.7 Å². The number of benzene rings is 1.